The van der Waals surface area contributed by atoms with Crippen LogP contribution < -0.4 is 16.0 Å². The van der Waals surface area contributed by atoms with E-state index in [1.165, 1.54) is 18.4 Å². The Labute approximate surface area is 202 Å². The van der Waals surface area contributed by atoms with Gasteiger partial charge in [-0.3, -0.25) is 14.7 Å². The second kappa shape index (κ2) is 13.3. The lowest BCUT2D eigenvalue weighted by atomic mass is 10.1. The third-order valence-electron chi connectivity index (χ3n) is 5.47. The molecule has 1 unspecified atom stereocenters. The molecular formula is C24H34IN5O. The molecule has 1 amide bonds. The Morgan fingerprint density at radius 1 is 1.03 bits per heavy atom. The summed E-state index contributed by atoms with van der Waals surface area (Å²) in [5.41, 5.74) is 3.16. The van der Waals surface area contributed by atoms with Gasteiger partial charge in [-0.1, -0.05) is 42.5 Å². The fraction of sp³-hybridized carbons (Fsp3) is 0.417. The Morgan fingerprint density at radius 2 is 1.77 bits per heavy atom. The molecule has 0 bridgehead atoms. The maximum absolute atomic E-state index is 11.9. The van der Waals surface area contributed by atoms with E-state index < -0.39 is 0 Å². The Kier molecular flexibility index (Phi) is 10.8. The fourth-order valence-corrected chi connectivity index (χ4v) is 3.81. The van der Waals surface area contributed by atoms with E-state index in [2.05, 4.69) is 56.2 Å². The van der Waals surface area contributed by atoms with E-state index in [0.717, 1.165) is 31.2 Å². The first-order chi connectivity index (χ1) is 14.7. The molecule has 1 aliphatic heterocycles. The smallest absolute Gasteiger partial charge is 0.251 e. The summed E-state index contributed by atoms with van der Waals surface area (Å²) in [4.78, 5) is 18.8. The molecule has 31 heavy (non-hydrogen) atoms. The Morgan fingerprint density at radius 3 is 2.45 bits per heavy atom. The zero-order valence-electron chi connectivity index (χ0n) is 18.4. The monoisotopic (exact) mass is 535 g/mol. The van der Waals surface area contributed by atoms with Crippen LogP contribution in [0.1, 0.15) is 41.3 Å². The number of hydrogen-bond donors (Lipinski definition) is 3. The summed E-state index contributed by atoms with van der Waals surface area (Å²) in [7, 11) is 1.80. The predicted octanol–water partition coefficient (Wildman–Crippen LogP) is 3.38. The van der Waals surface area contributed by atoms with Crippen molar-refractivity contribution in [2.45, 2.75) is 38.9 Å². The average molecular weight is 535 g/mol. The van der Waals surface area contributed by atoms with Crippen LogP contribution in [0.4, 0.5) is 0 Å². The van der Waals surface area contributed by atoms with Gasteiger partial charge in [0.05, 0.1) is 0 Å². The number of benzene rings is 2. The summed E-state index contributed by atoms with van der Waals surface area (Å²) in [6, 6.07) is 18.8. The minimum absolute atomic E-state index is 0. The minimum atomic E-state index is -0.0360. The molecule has 1 atom stereocenters. The lowest BCUT2D eigenvalue weighted by Gasteiger charge is -2.25. The van der Waals surface area contributed by atoms with Gasteiger partial charge in [-0.15, -0.1) is 24.0 Å². The zero-order chi connectivity index (χ0) is 21.2. The molecule has 0 radical (unpaired) electrons. The molecule has 2 aromatic rings. The van der Waals surface area contributed by atoms with Gasteiger partial charge in [-0.25, -0.2) is 0 Å². The van der Waals surface area contributed by atoms with Gasteiger partial charge in [-0.2, -0.15) is 0 Å². The molecule has 0 aliphatic carbocycles. The molecule has 1 saturated heterocycles. The number of carbonyl (C=O) groups excluding carboxylic acids is 1. The molecule has 0 spiro atoms. The van der Waals surface area contributed by atoms with Gasteiger partial charge >= 0.3 is 0 Å². The van der Waals surface area contributed by atoms with Crippen LogP contribution in [0, 0.1) is 0 Å². The van der Waals surface area contributed by atoms with Crippen molar-refractivity contribution in [1.82, 2.24) is 20.9 Å². The van der Waals surface area contributed by atoms with Crippen LogP contribution in [-0.4, -0.2) is 49.5 Å². The van der Waals surface area contributed by atoms with Crippen molar-refractivity contribution in [2.24, 2.45) is 4.99 Å². The van der Waals surface area contributed by atoms with Crippen molar-refractivity contribution < 1.29 is 4.79 Å². The van der Waals surface area contributed by atoms with E-state index in [9.17, 15) is 4.79 Å². The van der Waals surface area contributed by atoms with Gasteiger partial charge in [0.25, 0.3) is 5.91 Å². The topological polar surface area (TPSA) is 68.8 Å². The number of likely N-dealkylation sites (tertiary alicyclic amines) is 1. The average Bonchev–Trinajstić information content (AvgIpc) is 3.22. The number of nitrogens with zero attached hydrogens (tertiary/aromatic N) is 2. The van der Waals surface area contributed by atoms with Crippen LogP contribution in [0.25, 0.3) is 0 Å². The first-order valence-electron chi connectivity index (χ1n) is 10.8. The highest BCUT2D eigenvalue weighted by atomic mass is 127. The van der Waals surface area contributed by atoms with Gasteiger partial charge in [0.2, 0.25) is 0 Å². The molecule has 6 nitrogen and oxygen atoms in total. The van der Waals surface area contributed by atoms with Gasteiger partial charge in [0.15, 0.2) is 5.96 Å². The molecule has 7 heteroatoms. The van der Waals surface area contributed by atoms with Crippen LogP contribution in [0.15, 0.2) is 59.6 Å². The highest BCUT2D eigenvalue weighted by Gasteiger charge is 2.24. The van der Waals surface area contributed by atoms with Crippen molar-refractivity contribution in [2.75, 3.05) is 26.7 Å². The fourth-order valence-electron chi connectivity index (χ4n) is 3.81. The lowest BCUT2D eigenvalue weighted by molar-refractivity contribution is 0.0956. The van der Waals surface area contributed by atoms with Crippen LogP contribution >= 0.6 is 24.0 Å². The van der Waals surface area contributed by atoms with Crippen molar-refractivity contribution >= 4 is 35.8 Å². The van der Waals surface area contributed by atoms with Crippen LogP contribution in [-0.2, 0) is 13.1 Å². The lowest BCUT2D eigenvalue weighted by Crippen LogP contribution is -2.44. The van der Waals surface area contributed by atoms with Crippen molar-refractivity contribution in [3.05, 3.63) is 71.3 Å². The number of aliphatic imine (C=N–C) groups is 1. The number of rotatable bonds is 8. The third-order valence-corrected chi connectivity index (χ3v) is 5.47. The Balaban J connectivity index is 0.00000341. The third kappa shape index (κ3) is 7.81. The number of nitrogens with one attached hydrogen (secondary N) is 3. The first-order valence-corrected chi connectivity index (χ1v) is 10.8. The van der Waals surface area contributed by atoms with E-state index in [0.29, 0.717) is 24.7 Å². The summed E-state index contributed by atoms with van der Waals surface area (Å²) in [5, 5.41) is 9.66. The number of carbonyl (C=O) groups is 1. The predicted molar refractivity (Wildman–Crippen MR) is 138 cm³/mol. The van der Waals surface area contributed by atoms with E-state index in [-0.39, 0.29) is 29.9 Å². The second-order valence-electron chi connectivity index (χ2n) is 7.62. The molecule has 3 N–H and O–H groups in total. The van der Waals surface area contributed by atoms with Crippen LogP contribution in [0.5, 0.6) is 0 Å². The van der Waals surface area contributed by atoms with E-state index >= 15 is 0 Å². The Hall–Kier alpha value is -2.13. The minimum Gasteiger partial charge on any atom is -0.355 e. The second-order valence-corrected chi connectivity index (χ2v) is 7.62. The standard InChI is InChI=1S/C24H33N5O.HI/c1-3-26-23(30)21-13-11-19(12-14-21)16-27-24(25-2)28-17-22-10-7-15-29(22)18-20-8-5-4-6-9-20;/h4-6,8-9,11-14,22H,3,7,10,15-18H2,1-2H3,(H,26,30)(H2,25,27,28);1H. The number of halogens is 1. The SMILES string of the molecule is CCNC(=O)c1ccc(CNC(=NC)NCC2CCCN2Cc2ccccc2)cc1.I. The normalized spacial score (nSPS) is 16.5. The highest BCUT2D eigenvalue weighted by Crippen LogP contribution is 2.19. The van der Waals surface area contributed by atoms with E-state index in [1.54, 1.807) is 7.05 Å². The molecular weight excluding hydrogens is 501 g/mol. The number of amides is 1. The summed E-state index contributed by atoms with van der Waals surface area (Å²) in [6.07, 6.45) is 2.45. The first kappa shape index (κ1) is 25.1. The van der Waals surface area contributed by atoms with Crippen LogP contribution in [0.2, 0.25) is 0 Å². The maximum Gasteiger partial charge on any atom is 0.251 e. The molecule has 2 aromatic carbocycles. The summed E-state index contributed by atoms with van der Waals surface area (Å²) >= 11 is 0. The molecule has 1 heterocycles. The summed E-state index contributed by atoms with van der Waals surface area (Å²) < 4.78 is 0. The van der Waals surface area contributed by atoms with Crippen molar-refractivity contribution in [1.29, 1.82) is 0 Å². The van der Waals surface area contributed by atoms with E-state index in [4.69, 9.17) is 0 Å². The molecule has 168 valence electrons. The van der Waals surface area contributed by atoms with Crippen molar-refractivity contribution in [3.8, 4) is 0 Å². The van der Waals surface area contributed by atoms with Gasteiger partial charge in [0, 0.05) is 44.8 Å². The summed E-state index contributed by atoms with van der Waals surface area (Å²) in [6.45, 7) is 6.23. The van der Waals surface area contributed by atoms with Crippen molar-refractivity contribution in [3.63, 3.8) is 0 Å². The Bertz CT molecular complexity index is 826. The van der Waals surface area contributed by atoms with Gasteiger partial charge in [-0.05, 0) is 49.6 Å². The molecule has 0 aromatic heterocycles. The number of hydrogen-bond acceptors (Lipinski definition) is 3. The molecule has 3 rings (SSSR count). The zero-order valence-corrected chi connectivity index (χ0v) is 20.8. The van der Waals surface area contributed by atoms with Crippen LogP contribution in [0.3, 0.4) is 0 Å². The quantitative estimate of drug-likeness (QED) is 0.276. The molecule has 1 fully saturated rings. The maximum atomic E-state index is 11.9. The van der Waals surface area contributed by atoms with Gasteiger partial charge < -0.3 is 16.0 Å². The van der Waals surface area contributed by atoms with E-state index in [1.807, 2.05) is 31.2 Å². The highest BCUT2D eigenvalue weighted by molar-refractivity contribution is 14.0. The largest absolute Gasteiger partial charge is 0.355 e. The number of guanidine groups is 1. The summed E-state index contributed by atoms with van der Waals surface area (Å²) in [5.74, 6) is 0.764. The molecule has 0 saturated carbocycles. The molecule has 1 aliphatic rings. The van der Waals surface area contributed by atoms with Gasteiger partial charge in [0.1, 0.15) is 0 Å².